The Hall–Kier alpha value is -0.460. The molecule has 0 aromatic carbocycles. The third-order valence-electron chi connectivity index (χ3n) is 1.66. The standard InChI is InChI=1S/C10H21N/c1-4-7-8-10(6-3)11-9-5-2/h8,11H,4-7,9H2,1-3H3. The zero-order valence-electron chi connectivity index (χ0n) is 8.11. The lowest BCUT2D eigenvalue weighted by atomic mass is 10.2. The van der Waals surface area contributed by atoms with E-state index in [1.807, 2.05) is 0 Å². The summed E-state index contributed by atoms with van der Waals surface area (Å²) in [6, 6.07) is 0. The summed E-state index contributed by atoms with van der Waals surface area (Å²) in [5.74, 6) is 0. The lowest BCUT2D eigenvalue weighted by molar-refractivity contribution is 0.733. The van der Waals surface area contributed by atoms with Crippen molar-refractivity contribution in [3.05, 3.63) is 11.8 Å². The summed E-state index contributed by atoms with van der Waals surface area (Å²) >= 11 is 0. The minimum absolute atomic E-state index is 1.11. The van der Waals surface area contributed by atoms with Gasteiger partial charge in [-0.1, -0.05) is 33.3 Å². The highest BCUT2D eigenvalue weighted by Gasteiger charge is 1.89. The van der Waals surface area contributed by atoms with Gasteiger partial charge in [0.05, 0.1) is 0 Å². The van der Waals surface area contributed by atoms with E-state index in [2.05, 4.69) is 32.2 Å². The summed E-state index contributed by atoms with van der Waals surface area (Å²) in [6.45, 7) is 7.72. The Bertz CT molecular complexity index is 105. The Balaban J connectivity index is 3.55. The summed E-state index contributed by atoms with van der Waals surface area (Å²) < 4.78 is 0. The van der Waals surface area contributed by atoms with Gasteiger partial charge < -0.3 is 5.32 Å². The van der Waals surface area contributed by atoms with Crippen molar-refractivity contribution in [3.8, 4) is 0 Å². The number of hydrogen-bond donors (Lipinski definition) is 1. The smallest absolute Gasteiger partial charge is 0.0141 e. The van der Waals surface area contributed by atoms with Gasteiger partial charge >= 0.3 is 0 Å². The first-order valence-corrected chi connectivity index (χ1v) is 4.78. The van der Waals surface area contributed by atoms with Crippen LogP contribution in [0.1, 0.15) is 46.5 Å². The zero-order chi connectivity index (χ0) is 8.53. The molecular weight excluding hydrogens is 134 g/mol. The molecule has 1 heteroatoms. The van der Waals surface area contributed by atoms with Gasteiger partial charge in [0.15, 0.2) is 0 Å². The van der Waals surface area contributed by atoms with Crippen LogP contribution in [0.15, 0.2) is 11.8 Å². The maximum atomic E-state index is 3.42. The molecule has 0 atom stereocenters. The van der Waals surface area contributed by atoms with Gasteiger partial charge in [0, 0.05) is 12.2 Å². The van der Waals surface area contributed by atoms with Crippen LogP contribution in [0, 0.1) is 0 Å². The van der Waals surface area contributed by atoms with Gasteiger partial charge in [0.25, 0.3) is 0 Å². The van der Waals surface area contributed by atoms with Crippen molar-refractivity contribution in [2.45, 2.75) is 46.5 Å². The molecule has 0 aliphatic heterocycles. The minimum Gasteiger partial charge on any atom is -0.389 e. The number of unbranched alkanes of at least 4 members (excludes halogenated alkanes) is 1. The summed E-state index contributed by atoms with van der Waals surface area (Å²) in [5.41, 5.74) is 1.41. The van der Waals surface area contributed by atoms with Gasteiger partial charge in [-0.25, -0.2) is 0 Å². The van der Waals surface area contributed by atoms with Crippen LogP contribution in [0.25, 0.3) is 0 Å². The van der Waals surface area contributed by atoms with Crippen molar-refractivity contribution in [2.75, 3.05) is 6.54 Å². The zero-order valence-corrected chi connectivity index (χ0v) is 8.11. The molecule has 0 saturated carbocycles. The Kier molecular flexibility index (Phi) is 7.33. The highest BCUT2D eigenvalue weighted by Crippen LogP contribution is 1.99. The van der Waals surface area contributed by atoms with Gasteiger partial charge in [-0.05, 0) is 19.3 Å². The summed E-state index contributed by atoms with van der Waals surface area (Å²) in [4.78, 5) is 0. The van der Waals surface area contributed by atoms with Crippen LogP contribution in [-0.4, -0.2) is 6.54 Å². The summed E-state index contributed by atoms with van der Waals surface area (Å²) in [7, 11) is 0. The number of hydrogen-bond acceptors (Lipinski definition) is 1. The monoisotopic (exact) mass is 155 g/mol. The number of rotatable bonds is 6. The number of nitrogens with one attached hydrogen (secondary N) is 1. The van der Waals surface area contributed by atoms with Crippen molar-refractivity contribution >= 4 is 0 Å². The van der Waals surface area contributed by atoms with Crippen LogP contribution in [0.4, 0.5) is 0 Å². The molecule has 1 N–H and O–H groups in total. The first-order valence-electron chi connectivity index (χ1n) is 4.78. The lowest BCUT2D eigenvalue weighted by Gasteiger charge is -2.06. The van der Waals surface area contributed by atoms with Crippen molar-refractivity contribution in [1.82, 2.24) is 5.32 Å². The van der Waals surface area contributed by atoms with Crippen molar-refractivity contribution in [2.24, 2.45) is 0 Å². The third kappa shape index (κ3) is 5.96. The molecule has 0 aliphatic rings. The van der Waals surface area contributed by atoms with Crippen molar-refractivity contribution in [1.29, 1.82) is 0 Å². The summed E-state index contributed by atoms with van der Waals surface area (Å²) in [5, 5.41) is 3.42. The first-order chi connectivity index (χ1) is 5.35. The Morgan fingerprint density at radius 2 is 1.91 bits per heavy atom. The van der Waals surface area contributed by atoms with E-state index < -0.39 is 0 Å². The van der Waals surface area contributed by atoms with Crippen molar-refractivity contribution < 1.29 is 0 Å². The predicted molar refractivity (Wildman–Crippen MR) is 51.6 cm³/mol. The second-order valence-corrected chi connectivity index (χ2v) is 2.80. The molecule has 0 saturated heterocycles. The quantitative estimate of drug-likeness (QED) is 0.621. The van der Waals surface area contributed by atoms with E-state index >= 15 is 0 Å². The largest absolute Gasteiger partial charge is 0.389 e. The lowest BCUT2D eigenvalue weighted by Crippen LogP contribution is -2.13. The molecule has 0 fully saturated rings. The van der Waals surface area contributed by atoms with E-state index in [1.165, 1.54) is 25.0 Å². The maximum absolute atomic E-state index is 3.42. The van der Waals surface area contributed by atoms with E-state index in [0.29, 0.717) is 0 Å². The predicted octanol–water partition coefficient (Wildman–Crippen LogP) is 3.08. The average Bonchev–Trinajstić information content (AvgIpc) is 2.05. The fourth-order valence-corrected chi connectivity index (χ4v) is 0.946. The van der Waals surface area contributed by atoms with Crippen LogP contribution in [0.5, 0.6) is 0 Å². The SMILES string of the molecule is CCCC=C(CC)NCCC. The molecule has 0 aliphatic carbocycles. The first kappa shape index (κ1) is 10.5. The Morgan fingerprint density at radius 1 is 1.18 bits per heavy atom. The van der Waals surface area contributed by atoms with Crippen LogP contribution in [0.2, 0.25) is 0 Å². The number of allylic oxidation sites excluding steroid dienone is 2. The average molecular weight is 155 g/mol. The van der Waals surface area contributed by atoms with Crippen molar-refractivity contribution in [3.63, 3.8) is 0 Å². The highest BCUT2D eigenvalue weighted by molar-refractivity contribution is 4.98. The van der Waals surface area contributed by atoms with E-state index in [0.717, 1.165) is 13.0 Å². The summed E-state index contributed by atoms with van der Waals surface area (Å²) in [6.07, 6.45) is 7.12. The third-order valence-corrected chi connectivity index (χ3v) is 1.66. The topological polar surface area (TPSA) is 12.0 Å². The molecule has 0 unspecified atom stereocenters. The molecule has 0 aromatic rings. The molecule has 0 spiro atoms. The van der Waals surface area contributed by atoms with Crippen LogP contribution < -0.4 is 5.32 Å². The van der Waals surface area contributed by atoms with E-state index in [1.54, 1.807) is 0 Å². The molecule has 0 amide bonds. The van der Waals surface area contributed by atoms with Gasteiger partial charge in [-0.15, -0.1) is 0 Å². The fourth-order valence-electron chi connectivity index (χ4n) is 0.946. The fraction of sp³-hybridized carbons (Fsp3) is 0.800. The molecule has 0 rings (SSSR count). The van der Waals surface area contributed by atoms with Crippen LogP contribution in [0.3, 0.4) is 0 Å². The minimum atomic E-state index is 1.11. The van der Waals surface area contributed by atoms with E-state index in [9.17, 15) is 0 Å². The Morgan fingerprint density at radius 3 is 2.36 bits per heavy atom. The Labute approximate surface area is 70.9 Å². The van der Waals surface area contributed by atoms with Gasteiger partial charge in [-0.3, -0.25) is 0 Å². The van der Waals surface area contributed by atoms with Crippen LogP contribution in [-0.2, 0) is 0 Å². The van der Waals surface area contributed by atoms with E-state index in [4.69, 9.17) is 0 Å². The molecule has 0 heterocycles. The molecule has 0 radical (unpaired) electrons. The van der Waals surface area contributed by atoms with Crippen LogP contribution >= 0.6 is 0 Å². The van der Waals surface area contributed by atoms with Gasteiger partial charge in [-0.2, -0.15) is 0 Å². The molecule has 11 heavy (non-hydrogen) atoms. The molecule has 0 aromatic heterocycles. The molecule has 66 valence electrons. The van der Waals surface area contributed by atoms with Gasteiger partial charge in [0.1, 0.15) is 0 Å². The normalized spacial score (nSPS) is 11.7. The second-order valence-electron chi connectivity index (χ2n) is 2.80. The van der Waals surface area contributed by atoms with E-state index in [-0.39, 0.29) is 0 Å². The van der Waals surface area contributed by atoms with Gasteiger partial charge in [0.2, 0.25) is 0 Å². The molecule has 1 nitrogen and oxygen atoms in total. The highest BCUT2D eigenvalue weighted by atomic mass is 14.9. The molecule has 0 bridgehead atoms. The molecular formula is C10H21N. The maximum Gasteiger partial charge on any atom is 0.0141 e. The second kappa shape index (κ2) is 7.64.